The second-order valence-electron chi connectivity index (χ2n) is 5.97. The van der Waals surface area contributed by atoms with Gasteiger partial charge in [-0.1, -0.05) is 24.3 Å². The van der Waals surface area contributed by atoms with Crippen LogP contribution in [-0.4, -0.2) is 60.0 Å². The third-order valence-corrected chi connectivity index (χ3v) is 6.14. The van der Waals surface area contributed by atoms with Crippen molar-refractivity contribution in [1.82, 2.24) is 9.80 Å². The molecule has 1 aliphatic rings. The van der Waals surface area contributed by atoms with E-state index >= 15 is 0 Å². The number of carbonyl (C=O) groups excluding carboxylic acids is 2. The van der Waals surface area contributed by atoms with Gasteiger partial charge in [-0.15, -0.1) is 23.1 Å². The monoisotopic (exact) mass is 374 g/mol. The van der Waals surface area contributed by atoms with Gasteiger partial charge in [0.1, 0.15) is 0 Å². The summed E-state index contributed by atoms with van der Waals surface area (Å²) >= 11 is 3.21. The lowest BCUT2D eigenvalue weighted by Gasteiger charge is -2.34. The number of amides is 1. The van der Waals surface area contributed by atoms with Gasteiger partial charge in [0.25, 0.3) is 0 Å². The largest absolute Gasteiger partial charge is 0.340 e. The highest BCUT2D eigenvalue weighted by Gasteiger charge is 2.22. The molecule has 0 saturated carbocycles. The van der Waals surface area contributed by atoms with Crippen molar-refractivity contribution in [1.29, 1.82) is 0 Å². The van der Waals surface area contributed by atoms with Crippen molar-refractivity contribution in [2.75, 3.05) is 38.5 Å². The smallest absolute Gasteiger partial charge is 0.223 e. The van der Waals surface area contributed by atoms with Crippen LogP contribution in [0.3, 0.4) is 0 Å². The third kappa shape index (κ3) is 5.42. The minimum absolute atomic E-state index is 0.175. The van der Waals surface area contributed by atoms with Gasteiger partial charge in [-0.05, 0) is 23.6 Å². The molecule has 3 rings (SSSR count). The standard InChI is InChI=1S/C19H22N2O2S2/c22-17(18-7-4-13-25-18)15-20-9-11-21(12-10-20)19(23)8-14-24-16-5-2-1-3-6-16/h1-7,13H,8-12,14-15H2. The van der Waals surface area contributed by atoms with Crippen LogP contribution in [0.2, 0.25) is 0 Å². The molecule has 25 heavy (non-hydrogen) atoms. The summed E-state index contributed by atoms with van der Waals surface area (Å²) in [6, 6.07) is 13.9. The molecule has 2 heterocycles. The topological polar surface area (TPSA) is 40.6 Å². The molecule has 1 aromatic heterocycles. The van der Waals surface area contributed by atoms with E-state index in [1.807, 2.05) is 40.6 Å². The molecule has 6 heteroatoms. The number of rotatable bonds is 7. The lowest BCUT2D eigenvalue weighted by atomic mass is 10.2. The number of thiophene rings is 1. The molecule has 0 unspecified atom stereocenters. The number of Topliss-reactive ketones (excluding diaryl/α,β-unsaturated/α-hetero) is 1. The molecule has 4 nitrogen and oxygen atoms in total. The summed E-state index contributed by atoms with van der Waals surface area (Å²) in [5, 5.41) is 1.93. The highest BCUT2D eigenvalue weighted by molar-refractivity contribution is 7.99. The maximum absolute atomic E-state index is 12.3. The lowest BCUT2D eigenvalue weighted by Crippen LogP contribution is -2.49. The van der Waals surface area contributed by atoms with Crippen molar-refractivity contribution >= 4 is 34.8 Å². The van der Waals surface area contributed by atoms with E-state index < -0.39 is 0 Å². The summed E-state index contributed by atoms with van der Waals surface area (Å²) in [4.78, 5) is 30.6. The zero-order valence-corrected chi connectivity index (χ0v) is 15.7. The Kier molecular flexibility index (Phi) is 6.67. The minimum atomic E-state index is 0.175. The van der Waals surface area contributed by atoms with Gasteiger partial charge in [-0.3, -0.25) is 14.5 Å². The van der Waals surface area contributed by atoms with E-state index in [9.17, 15) is 9.59 Å². The van der Waals surface area contributed by atoms with Crippen molar-refractivity contribution in [2.24, 2.45) is 0 Å². The first-order valence-corrected chi connectivity index (χ1v) is 10.3. The number of nitrogens with zero attached hydrogens (tertiary/aromatic N) is 2. The molecule has 1 aliphatic heterocycles. The first kappa shape index (κ1) is 18.2. The van der Waals surface area contributed by atoms with E-state index in [0.29, 0.717) is 26.1 Å². The fourth-order valence-corrected chi connectivity index (χ4v) is 4.32. The van der Waals surface area contributed by atoms with Crippen LogP contribution >= 0.6 is 23.1 Å². The van der Waals surface area contributed by atoms with Crippen LogP contribution in [-0.2, 0) is 4.79 Å². The quantitative estimate of drug-likeness (QED) is 0.551. The van der Waals surface area contributed by atoms with Crippen LogP contribution in [0.15, 0.2) is 52.7 Å². The Morgan fingerprint density at radius 3 is 2.44 bits per heavy atom. The van der Waals surface area contributed by atoms with Crippen LogP contribution in [0.25, 0.3) is 0 Å². The molecular formula is C19H22N2O2S2. The van der Waals surface area contributed by atoms with Crippen LogP contribution in [0.4, 0.5) is 0 Å². The molecule has 132 valence electrons. The predicted molar refractivity (Wildman–Crippen MR) is 103 cm³/mol. The fraction of sp³-hybridized carbons (Fsp3) is 0.368. The number of ketones is 1. The number of hydrogen-bond acceptors (Lipinski definition) is 5. The molecule has 1 saturated heterocycles. The molecule has 0 atom stereocenters. The first-order valence-electron chi connectivity index (χ1n) is 8.47. The van der Waals surface area contributed by atoms with Gasteiger partial charge in [-0.25, -0.2) is 0 Å². The maximum Gasteiger partial charge on any atom is 0.223 e. The van der Waals surface area contributed by atoms with Gasteiger partial charge in [0.05, 0.1) is 11.4 Å². The molecule has 0 N–H and O–H groups in total. The second kappa shape index (κ2) is 9.17. The van der Waals surface area contributed by atoms with Gasteiger partial charge in [0.15, 0.2) is 5.78 Å². The van der Waals surface area contributed by atoms with E-state index in [1.165, 1.54) is 16.2 Å². The Hall–Kier alpha value is -1.63. The lowest BCUT2D eigenvalue weighted by molar-refractivity contribution is -0.132. The Bertz CT molecular complexity index is 681. The van der Waals surface area contributed by atoms with E-state index in [-0.39, 0.29) is 11.7 Å². The number of hydrogen-bond donors (Lipinski definition) is 0. The zero-order valence-electron chi connectivity index (χ0n) is 14.1. The SMILES string of the molecule is O=C(CN1CCN(C(=O)CCSc2ccccc2)CC1)c1cccs1. The Balaban J connectivity index is 1.36. The van der Waals surface area contributed by atoms with Crippen LogP contribution in [0, 0.1) is 0 Å². The van der Waals surface area contributed by atoms with Gasteiger partial charge >= 0.3 is 0 Å². The van der Waals surface area contributed by atoms with Gasteiger partial charge in [-0.2, -0.15) is 0 Å². The van der Waals surface area contributed by atoms with Crippen LogP contribution < -0.4 is 0 Å². The molecule has 0 spiro atoms. The number of carbonyl (C=O) groups is 2. The molecule has 0 aliphatic carbocycles. The summed E-state index contributed by atoms with van der Waals surface area (Å²) < 4.78 is 0. The fourth-order valence-electron chi connectivity index (χ4n) is 2.80. The van der Waals surface area contributed by atoms with Crippen molar-refractivity contribution < 1.29 is 9.59 Å². The average Bonchev–Trinajstić information content (AvgIpc) is 3.18. The van der Waals surface area contributed by atoms with Crippen molar-refractivity contribution in [3.8, 4) is 0 Å². The molecule has 1 aromatic carbocycles. The summed E-state index contributed by atoms with van der Waals surface area (Å²) in [5.41, 5.74) is 0. The van der Waals surface area contributed by atoms with Gasteiger partial charge in [0.2, 0.25) is 5.91 Å². The average molecular weight is 375 g/mol. The van der Waals surface area contributed by atoms with Gasteiger partial charge < -0.3 is 4.90 Å². The minimum Gasteiger partial charge on any atom is -0.340 e. The van der Waals surface area contributed by atoms with E-state index in [2.05, 4.69) is 17.0 Å². The molecule has 0 bridgehead atoms. The normalized spacial score (nSPS) is 15.3. The number of piperazine rings is 1. The Morgan fingerprint density at radius 2 is 1.76 bits per heavy atom. The van der Waals surface area contributed by atoms with E-state index in [4.69, 9.17) is 0 Å². The van der Waals surface area contributed by atoms with E-state index in [0.717, 1.165) is 23.7 Å². The highest BCUT2D eigenvalue weighted by Crippen LogP contribution is 2.18. The summed E-state index contributed by atoms with van der Waals surface area (Å²) in [5.74, 6) is 1.20. The highest BCUT2D eigenvalue weighted by atomic mass is 32.2. The first-order chi connectivity index (χ1) is 12.2. The van der Waals surface area contributed by atoms with Gasteiger partial charge in [0, 0.05) is 43.2 Å². The van der Waals surface area contributed by atoms with Crippen molar-refractivity contribution in [3.05, 3.63) is 52.7 Å². The zero-order chi connectivity index (χ0) is 17.5. The molecule has 1 amide bonds. The summed E-state index contributed by atoms with van der Waals surface area (Å²) in [6.45, 7) is 3.43. The molecule has 1 fully saturated rings. The summed E-state index contributed by atoms with van der Waals surface area (Å²) in [6.07, 6.45) is 0.563. The predicted octanol–water partition coefficient (Wildman–Crippen LogP) is 3.26. The molecule has 0 radical (unpaired) electrons. The van der Waals surface area contributed by atoms with Crippen molar-refractivity contribution in [3.63, 3.8) is 0 Å². The van der Waals surface area contributed by atoms with Crippen LogP contribution in [0.1, 0.15) is 16.1 Å². The summed E-state index contributed by atoms with van der Waals surface area (Å²) in [7, 11) is 0. The second-order valence-corrected chi connectivity index (χ2v) is 8.08. The van der Waals surface area contributed by atoms with Crippen molar-refractivity contribution in [2.45, 2.75) is 11.3 Å². The molecular weight excluding hydrogens is 352 g/mol. The van der Waals surface area contributed by atoms with E-state index in [1.54, 1.807) is 11.8 Å². The maximum atomic E-state index is 12.3. The number of benzene rings is 1. The third-order valence-electron chi connectivity index (χ3n) is 4.22. The Labute approximate surface area is 156 Å². The van der Waals surface area contributed by atoms with Crippen LogP contribution in [0.5, 0.6) is 0 Å². The Morgan fingerprint density at radius 1 is 1.00 bits per heavy atom. The number of thioether (sulfide) groups is 1. The molecule has 2 aromatic rings.